The Morgan fingerprint density at radius 2 is 1.90 bits per heavy atom. The Morgan fingerprint density at radius 1 is 1.20 bits per heavy atom. The van der Waals surface area contributed by atoms with Crippen molar-refractivity contribution in [2.24, 2.45) is 0 Å². The molecule has 0 heterocycles. The number of unbranched alkanes of at least 4 members (excludes halogenated alkanes) is 1. The first kappa shape index (κ1) is 14.8. The van der Waals surface area contributed by atoms with Crippen molar-refractivity contribution in [1.82, 2.24) is 0 Å². The number of allylic oxidation sites excluding steroid dienone is 1. The number of hydrogen-bond acceptors (Lipinski definition) is 2. The SMILES string of the molecule is C=CCCCO[C@H]1CC[C@H](c2ccc(C#N)cc2)CC1. The molecule has 106 valence electrons. The molecule has 0 unspecified atom stereocenters. The summed E-state index contributed by atoms with van der Waals surface area (Å²) >= 11 is 0. The molecule has 1 aromatic carbocycles. The monoisotopic (exact) mass is 269 g/mol. The minimum absolute atomic E-state index is 0.439. The molecular weight excluding hydrogens is 246 g/mol. The van der Waals surface area contributed by atoms with Gasteiger partial charge >= 0.3 is 0 Å². The van der Waals surface area contributed by atoms with Crippen LogP contribution in [-0.4, -0.2) is 12.7 Å². The largest absolute Gasteiger partial charge is 0.378 e. The van der Waals surface area contributed by atoms with Crippen molar-refractivity contribution in [2.45, 2.75) is 50.5 Å². The summed E-state index contributed by atoms with van der Waals surface area (Å²) in [6.45, 7) is 4.58. The summed E-state index contributed by atoms with van der Waals surface area (Å²) in [5.74, 6) is 0.635. The Morgan fingerprint density at radius 3 is 2.50 bits per heavy atom. The summed E-state index contributed by atoms with van der Waals surface area (Å²) in [6, 6.07) is 10.2. The summed E-state index contributed by atoms with van der Waals surface area (Å²) in [4.78, 5) is 0. The second kappa shape index (κ2) is 7.87. The van der Waals surface area contributed by atoms with Crippen LogP contribution in [0, 0.1) is 11.3 Å². The van der Waals surface area contributed by atoms with Gasteiger partial charge in [-0.1, -0.05) is 18.2 Å². The van der Waals surface area contributed by atoms with Crippen LogP contribution >= 0.6 is 0 Å². The highest BCUT2D eigenvalue weighted by Crippen LogP contribution is 2.34. The molecule has 0 N–H and O–H groups in total. The number of ether oxygens (including phenoxy) is 1. The van der Waals surface area contributed by atoms with Crippen molar-refractivity contribution >= 4 is 0 Å². The number of benzene rings is 1. The van der Waals surface area contributed by atoms with Crippen molar-refractivity contribution in [3.63, 3.8) is 0 Å². The van der Waals surface area contributed by atoms with Crippen molar-refractivity contribution in [2.75, 3.05) is 6.61 Å². The molecule has 0 aromatic heterocycles. The van der Waals surface area contributed by atoms with E-state index in [1.807, 2.05) is 18.2 Å². The van der Waals surface area contributed by atoms with Crippen molar-refractivity contribution in [3.05, 3.63) is 48.0 Å². The van der Waals surface area contributed by atoms with E-state index in [1.54, 1.807) is 0 Å². The Labute approximate surface area is 122 Å². The molecule has 0 atom stereocenters. The van der Waals surface area contributed by atoms with Gasteiger partial charge in [0, 0.05) is 6.61 Å². The minimum atomic E-state index is 0.439. The standard InChI is InChI=1S/C18H23NO/c1-2-3-4-13-20-18-11-9-17(10-12-18)16-7-5-15(14-19)6-8-16/h2,5-8,17-18H,1,3-4,9-13H2/t17-,18-. The van der Waals surface area contributed by atoms with Gasteiger partial charge in [0.2, 0.25) is 0 Å². The summed E-state index contributed by atoms with van der Waals surface area (Å²) < 4.78 is 5.91. The average Bonchev–Trinajstić information content (AvgIpc) is 2.52. The average molecular weight is 269 g/mol. The zero-order valence-corrected chi connectivity index (χ0v) is 12.1. The molecule has 2 heteroatoms. The number of rotatable bonds is 6. The zero-order chi connectivity index (χ0) is 14.2. The molecule has 2 nitrogen and oxygen atoms in total. The van der Waals surface area contributed by atoms with Gasteiger partial charge < -0.3 is 4.74 Å². The lowest BCUT2D eigenvalue weighted by Crippen LogP contribution is -2.21. The van der Waals surface area contributed by atoms with Gasteiger partial charge in [0.15, 0.2) is 0 Å². The Balaban J connectivity index is 1.76. The van der Waals surface area contributed by atoms with E-state index in [1.165, 1.54) is 18.4 Å². The minimum Gasteiger partial charge on any atom is -0.378 e. The Bertz CT molecular complexity index is 449. The molecule has 2 rings (SSSR count). The molecule has 1 saturated carbocycles. The van der Waals surface area contributed by atoms with Gasteiger partial charge in [0.05, 0.1) is 17.7 Å². The van der Waals surface area contributed by atoms with E-state index in [0.717, 1.165) is 37.9 Å². The number of nitriles is 1. The third kappa shape index (κ3) is 4.21. The fourth-order valence-electron chi connectivity index (χ4n) is 2.87. The van der Waals surface area contributed by atoms with E-state index < -0.39 is 0 Å². The van der Waals surface area contributed by atoms with E-state index in [9.17, 15) is 0 Å². The first-order valence-corrected chi connectivity index (χ1v) is 7.56. The Hall–Kier alpha value is -1.59. The van der Waals surface area contributed by atoms with Crippen LogP contribution in [0.1, 0.15) is 55.6 Å². The van der Waals surface area contributed by atoms with Gasteiger partial charge in [0.25, 0.3) is 0 Å². The van der Waals surface area contributed by atoms with Crippen LogP contribution in [0.25, 0.3) is 0 Å². The van der Waals surface area contributed by atoms with Crippen molar-refractivity contribution < 1.29 is 4.74 Å². The maximum Gasteiger partial charge on any atom is 0.0991 e. The fourth-order valence-corrected chi connectivity index (χ4v) is 2.87. The molecule has 1 aliphatic carbocycles. The molecule has 0 spiro atoms. The number of nitrogens with zero attached hydrogens (tertiary/aromatic N) is 1. The highest BCUT2D eigenvalue weighted by atomic mass is 16.5. The van der Waals surface area contributed by atoms with Gasteiger partial charge in [-0.3, -0.25) is 0 Å². The summed E-state index contributed by atoms with van der Waals surface area (Å²) in [5, 5.41) is 8.82. The highest BCUT2D eigenvalue weighted by Gasteiger charge is 2.22. The molecule has 0 amide bonds. The highest BCUT2D eigenvalue weighted by molar-refractivity contribution is 5.33. The molecule has 0 radical (unpaired) electrons. The molecule has 0 bridgehead atoms. The van der Waals surface area contributed by atoms with Gasteiger partial charge in [-0.2, -0.15) is 5.26 Å². The molecule has 1 aromatic rings. The zero-order valence-electron chi connectivity index (χ0n) is 12.1. The van der Waals surface area contributed by atoms with E-state index in [0.29, 0.717) is 12.0 Å². The third-order valence-electron chi connectivity index (χ3n) is 4.09. The summed E-state index contributed by atoms with van der Waals surface area (Å²) in [7, 11) is 0. The van der Waals surface area contributed by atoms with Crippen LogP contribution in [0.4, 0.5) is 0 Å². The van der Waals surface area contributed by atoms with Crippen molar-refractivity contribution in [1.29, 1.82) is 5.26 Å². The first-order valence-electron chi connectivity index (χ1n) is 7.56. The van der Waals surface area contributed by atoms with Crippen LogP contribution in [0.3, 0.4) is 0 Å². The molecular formula is C18H23NO. The lowest BCUT2D eigenvalue weighted by molar-refractivity contribution is 0.0238. The van der Waals surface area contributed by atoms with Crippen LogP contribution < -0.4 is 0 Å². The smallest absolute Gasteiger partial charge is 0.0991 e. The van der Waals surface area contributed by atoms with Crippen LogP contribution in [0.5, 0.6) is 0 Å². The fraction of sp³-hybridized carbons (Fsp3) is 0.500. The molecule has 0 aliphatic heterocycles. The number of hydrogen-bond donors (Lipinski definition) is 0. The maximum atomic E-state index is 8.82. The van der Waals surface area contributed by atoms with E-state index in [4.69, 9.17) is 10.00 Å². The topological polar surface area (TPSA) is 33.0 Å². The molecule has 0 saturated heterocycles. The second-order valence-corrected chi connectivity index (χ2v) is 5.51. The molecule has 1 aliphatic rings. The van der Waals surface area contributed by atoms with E-state index in [-0.39, 0.29) is 0 Å². The third-order valence-corrected chi connectivity index (χ3v) is 4.09. The normalized spacial score (nSPS) is 22.1. The Kier molecular flexibility index (Phi) is 5.83. The lowest BCUT2D eigenvalue weighted by Gasteiger charge is -2.28. The molecule has 20 heavy (non-hydrogen) atoms. The van der Waals surface area contributed by atoms with Gasteiger partial charge in [-0.15, -0.1) is 6.58 Å². The lowest BCUT2D eigenvalue weighted by atomic mass is 9.82. The van der Waals surface area contributed by atoms with E-state index in [2.05, 4.69) is 24.8 Å². The van der Waals surface area contributed by atoms with Crippen molar-refractivity contribution in [3.8, 4) is 6.07 Å². The maximum absolute atomic E-state index is 8.82. The summed E-state index contributed by atoms with van der Waals surface area (Å²) in [5.41, 5.74) is 2.11. The van der Waals surface area contributed by atoms with Crippen LogP contribution in [0.2, 0.25) is 0 Å². The predicted molar refractivity (Wildman–Crippen MR) is 81.5 cm³/mol. The quantitative estimate of drug-likeness (QED) is 0.560. The van der Waals surface area contributed by atoms with Gasteiger partial charge in [0.1, 0.15) is 0 Å². The van der Waals surface area contributed by atoms with Crippen LogP contribution in [0.15, 0.2) is 36.9 Å². The van der Waals surface area contributed by atoms with Gasteiger partial charge in [-0.05, 0) is 62.1 Å². The van der Waals surface area contributed by atoms with E-state index >= 15 is 0 Å². The molecule has 1 fully saturated rings. The van der Waals surface area contributed by atoms with Gasteiger partial charge in [-0.25, -0.2) is 0 Å². The summed E-state index contributed by atoms with van der Waals surface area (Å²) in [6.07, 6.45) is 9.20. The second-order valence-electron chi connectivity index (χ2n) is 5.51. The predicted octanol–water partition coefficient (Wildman–Crippen LogP) is 4.57. The first-order chi connectivity index (χ1) is 9.83. The van der Waals surface area contributed by atoms with Crippen LogP contribution in [-0.2, 0) is 4.74 Å².